The van der Waals surface area contributed by atoms with Crippen LogP contribution in [0, 0.1) is 0 Å². The number of nitrogens with zero attached hydrogens (tertiary/aromatic N) is 1. The van der Waals surface area contributed by atoms with Gasteiger partial charge in [-0.05, 0) is 24.3 Å². The smallest absolute Gasteiger partial charge is 0.209 e. The van der Waals surface area contributed by atoms with Crippen LogP contribution in [0.1, 0.15) is 0 Å². The molecular weight excluding hydrogens is 180 g/mol. The van der Waals surface area contributed by atoms with Gasteiger partial charge in [0.25, 0.3) is 0 Å². The Labute approximate surface area is 82.9 Å². The highest BCUT2D eigenvalue weighted by Gasteiger charge is 1.96. The molecule has 0 aromatic heterocycles. The van der Waals surface area contributed by atoms with E-state index in [-0.39, 0.29) is 0 Å². The lowest BCUT2D eigenvalue weighted by Gasteiger charge is -2.08. The summed E-state index contributed by atoms with van der Waals surface area (Å²) < 4.78 is 5.03. The van der Waals surface area contributed by atoms with Gasteiger partial charge in [0.05, 0.1) is 7.11 Å². The van der Waals surface area contributed by atoms with Crippen molar-refractivity contribution in [1.29, 1.82) is 0 Å². The molecule has 0 unspecified atom stereocenters. The van der Waals surface area contributed by atoms with Crippen LogP contribution in [0.3, 0.4) is 0 Å². The van der Waals surface area contributed by atoms with Gasteiger partial charge < -0.3 is 10.1 Å². The first kappa shape index (κ1) is 10.3. The highest BCUT2D eigenvalue weighted by Crippen LogP contribution is 2.14. The van der Waals surface area contributed by atoms with Gasteiger partial charge in [-0.25, -0.2) is 5.84 Å². The molecule has 76 valence electrons. The summed E-state index contributed by atoms with van der Waals surface area (Å²) in [5, 5.41) is 2.99. The van der Waals surface area contributed by atoms with Crippen molar-refractivity contribution >= 4 is 11.6 Å². The molecule has 0 saturated heterocycles. The van der Waals surface area contributed by atoms with E-state index in [1.54, 1.807) is 14.2 Å². The minimum absolute atomic E-state index is 0.509. The Hall–Kier alpha value is -1.75. The molecule has 0 radical (unpaired) electrons. The number of hydrazine groups is 1. The topological polar surface area (TPSA) is 71.7 Å². The van der Waals surface area contributed by atoms with E-state index in [1.165, 1.54) is 0 Å². The Balaban J connectivity index is 2.68. The van der Waals surface area contributed by atoms with Crippen LogP contribution >= 0.6 is 0 Å². The number of nitrogens with two attached hydrogens (primary N) is 1. The predicted octanol–water partition coefficient (Wildman–Crippen LogP) is 0.556. The van der Waals surface area contributed by atoms with Crippen LogP contribution < -0.4 is 21.3 Å². The molecule has 0 aliphatic carbocycles. The summed E-state index contributed by atoms with van der Waals surface area (Å²) in [5.74, 6) is 6.54. The zero-order valence-electron chi connectivity index (χ0n) is 8.24. The van der Waals surface area contributed by atoms with Gasteiger partial charge in [-0.15, -0.1) is 0 Å². The van der Waals surface area contributed by atoms with Crippen LogP contribution in [0.5, 0.6) is 5.75 Å². The Morgan fingerprint density at radius 3 is 2.43 bits per heavy atom. The molecule has 0 aliphatic heterocycles. The Kier molecular flexibility index (Phi) is 3.75. The van der Waals surface area contributed by atoms with E-state index in [1.807, 2.05) is 24.3 Å². The first-order valence-electron chi connectivity index (χ1n) is 4.14. The van der Waals surface area contributed by atoms with Crippen molar-refractivity contribution in [3.63, 3.8) is 0 Å². The molecule has 1 aromatic carbocycles. The summed E-state index contributed by atoms with van der Waals surface area (Å²) in [6.07, 6.45) is 0. The third-order valence-electron chi connectivity index (χ3n) is 1.71. The fourth-order valence-electron chi connectivity index (χ4n) is 0.968. The summed E-state index contributed by atoms with van der Waals surface area (Å²) in [7, 11) is 3.27. The van der Waals surface area contributed by atoms with E-state index in [4.69, 9.17) is 10.6 Å². The predicted molar refractivity (Wildman–Crippen MR) is 57.3 cm³/mol. The summed E-state index contributed by atoms with van der Waals surface area (Å²) in [4.78, 5) is 3.88. The molecule has 5 nitrogen and oxygen atoms in total. The summed E-state index contributed by atoms with van der Waals surface area (Å²) in [5.41, 5.74) is 3.33. The molecule has 0 spiro atoms. The average Bonchev–Trinajstić information content (AvgIpc) is 2.26. The molecule has 0 amide bonds. The maximum absolute atomic E-state index is 5.22. The lowest BCUT2D eigenvalue weighted by atomic mass is 10.3. The maximum atomic E-state index is 5.22. The van der Waals surface area contributed by atoms with Crippen LogP contribution in [0.15, 0.2) is 29.3 Å². The molecule has 0 aliphatic rings. The number of hydrogen-bond acceptors (Lipinski definition) is 3. The lowest BCUT2D eigenvalue weighted by molar-refractivity contribution is 0.415. The molecule has 0 fully saturated rings. The fourth-order valence-corrected chi connectivity index (χ4v) is 0.968. The molecular formula is C9H14N4O. The minimum atomic E-state index is 0.509. The van der Waals surface area contributed by atoms with E-state index in [2.05, 4.69) is 15.7 Å². The highest BCUT2D eigenvalue weighted by atomic mass is 16.5. The van der Waals surface area contributed by atoms with Crippen molar-refractivity contribution in [1.82, 2.24) is 5.43 Å². The van der Waals surface area contributed by atoms with Crippen molar-refractivity contribution < 1.29 is 4.74 Å². The van der Waals surface area contributed by atoms with Gasteiger partial charge in [-0.3, -0.25) is 10.4 Å². The molecule has 0 bridgehead atoms. The van der Waals surface area contributed by atoms with Crippen molar-refractivity contribution in [2.45, 2.75) is 0 Å². The Morgan fingerprint density at radius 1 is 1.36 bits per heavy atom. The van der Waals surface area contributed by atoms with Crippen LogP contribution in [0.4, 0.5) is 5.69 Å². The number of guanidine groups is 1. The summed E-state index contributed by atoms with van der Waals surface area (Å²) in [6.45, 7) is 0. The van der Waals surface area contributed by atoms with E-state index >= 15 is 0 Å². The van der Waals surface area contributed by atoms with E-state index in [0.717, 1.165) is 11.4 Å². The second-order valence-corrected chi connectivity index (χ2v) is 2.57. The molecule has 5 heteroatoms. The second kappa shape index (κ2) is 5.08. The first-order chi connectivity index (χ1) is 6.80. The first-order valence-corrected chi connectivity index (χ1v) is 4.14. The van der Waals surface area contributed by atoms with Crippen molar-refractivity contribution in [2.24, 2.45) is 10.8 Å². The molecule has 14 heavy (non-hydrogen) atoms. The third kappa shape index (κ3) is 2.63. The Morgan fingerprint density at radius 2 is 2.00 bits per heavy atom. The fraction of sp³-hybridized carbons (Fsp3) is 0.222. The SMILES string of the molecule is CN=C(NN)Nc1ccc(OC)cc1. The van der Waals surface area contributed by atoms with Crippen molar-refractivity contribution in [3.8, 4) is 5.75 Å². The normalized spacial score (nSPS) is 10.9. The summed E-state index contributed by atoms with van der Waals surface area (Å²) >= 11 is 0. The number of anilines is 1. The van der Waals surface area contributed by atoms with E-state index in [0.29, 0.717) is 5.96 Å². The van der Waals surface area contributed by atoms with Crippen molar-refractivity contribution in [3.05, 3.63) is 24.3 Å². The number of ether oxygens (including phenoxy) is 1. The third-order valence-corrected chi connectivity index (χ3v) is 1.71. The zero-order chi connectivity index (χ0) is 10.4. The average molecular weight is 194 g/mol. The number of benzene rings is 1. The quantitative estimate of drug-likeness (QED) is 0.278. The van der Waals surface area contributed by atoms with E-state index < -0.39 is 0 Å². The van der Waals surface area contributed by atoms with Gasteiger partial charge in [-0.2, -0.15) is 0 Å². The highest BCUT2D eigenvalue weighted by molar-refractivity contribution is 5.93. The monoisotopic (exact) mass is 194 g/mol. The van der Waals surface area contributed by atoms with Gasteiger partial charge in [0.15, 0.2) is 0 Å². The number of aliphatic imine (C=N–C) groups is 1. The lowest BCUT2D eigenvalue weighted by Crippen LogP contribution is -2.35. The zero-order valence-corrected chi connectivity index (χ0v) is 8.24. The van der Waals surface area contributed by atoms with Crippen LogP contribution in [-0.2, 0) is 0 Å². The number of methoxy groups -OCH3 is 1. The van der Waals surface area contributed by atoms with Crippen LogP contribution in [-0.4, -0.2) is 20.1 Å². The largest absolute Gasteiger partial charge is 0.497 e. The van der Waals surface area contributed by atoms with E-state index in [9.17, 15) is 0 Å². The van der Waals surface area contributed by atoms with Crippen LogP contribution in [0.2, 0.25) is 0 Å². The number of hydrogen-bond donors (Lipinski definition) is 3. The molecule has 0 atom stereocenters. The maximum Gasteiger partial charge on any atom is 0.209 e. The number of rotatable bonds is 2. The van der Waals surface area contributed by atoms with Gasteiger partial charge in [0.2, 0.25) is 5.96 Å². The second-order valence-electron chi connectivity index (χ2n) is 2.57. The molecule has 1 aromatic rings. The molecule has 4 N–H and O–H groups in total. The minimum Gasteiger partial charge on any atom is -0.497 e. The van der Waals surface area contributed by atoms with Gasteiger partial charge in [-0.1, -0.05) is 0 Å². The standard InChI is InChI=1S/C9H14N4O/c1-11-9(13-10)12-7-3-5-8(14-2)6-4-7/h3-6H,10H2,1-2H3,(H2,11,12,13). The van der Waals surface area contributed by atoms with Gasteiger partial charge in [0, 0.05) is 12.7 Å². The molecule has 0 saturated carbocycles. The number of nitrogens with one attached hydrogen (secondary N) is 2. The van der Waals surface area contributed by atoms with Gasteiger partial charge in [0.1, 0.15) is 5.75 Å². The van der Waals surface area contributed by atoms with Gasteiger partial charge >= 0.3 is 0 Å². The Bertz CT molecular complexity index is 307. The summed E-state index contributed by atoms with van der Waals surface area (Å²) in [6, 6.07) is 7.46. The molecule has 1 rings (SSSR count). The van der Waals surface area contributed by atoms with Crippen molar-refractivity contribution in [2.75, 3.05) is 19.5 Å². The van der Waals surface area contributed by atoms with Crippen LogP contribution in [0.25, 0.3) is 0 Å². The molecule has 0 heterocycles.